The van der Waals surface area contributed by atoms with Gasteiger partial charge in [-0.1, -0.05) is 13.0 Å². The van der Waals surface area contributed by atoms with Crippen LogP contribution < -0.4 is 4.90 Å². The number of likely N-dealkylation sites (N-methyl/N-ethyl adjacent to an activating group) is 1. The predicted molar refractivity (Wildman–Crippen MR) is 105 cm³/mol. The molecule has 0 aliphatic carbocycles. The molecule has 2 heterocycles. The standard InChI is InChI=1S/C19H20N2OS2/c1-5-15-8-9-16(24-15)11-17-18(22)21(19(23)20(17)4)14-7-6-12(2)13(3)10-14/h6-11H,5H2,1-4H3. The van der Waals surface area contributed by atoms with Crippen molar-refractivity contribution in [1.29, 1.82) is 0 Å². The number of aryl methyl sites for hydroxylation is 3. The van der Waals surface area contributed by atoms with E-state index in [2.05, 4.69) is 26.0 Å². The molecule has 0 bridgehead atoms. The van der Waals surface area contributed by atoms with E-state index in [-0.39, 0.29) is 5.91 Å². The molecule has 0 spiro atoms. The van der Waals surface area contributed by atoms with Crippen LogP contribution in [-0.4, -0.2) is 23.0 Å². The van der Waals surface area contributed by atoms with Crippen molar-refractivity contribution >= 4 is 46.3 Å². The van der Waals surface area contributed by atoms with Crippen LogP contribution in [0.15, 0.2) is 36.0 Å². The lowest BCUT2D eigenvalue weighted by Gasteiger charge is -2.17. The van der Waals surface area contributed by atoms with Crippen LogP contribution in [-0.2, 0) is 11.2 Å². The third kappa shape index (κ3) is 2.89. The molecular formula is C19H20N2OS2. The summed E-state index contributed by atoms with van der Waals surface area (Å²) in [7, 11) is 1.85. The minimum atomic E-state index is -0.0720. The van der Waals surface area contributed by atoms with E-state index in [9.17, 15) is 4.79 Å². The molecule has 1 aromatic heterocycles. The number of rotatable bonds is 3. The summed E-state index contributed by atoms with van der Waals surface area (Å²) in [6, 6.07) is 10.1. The average molecular weight is 357 g/mol. The number of thiocarbonyl (C=S) groups is 1. The van der Waals surface area contributed by atoms with E-state index in [1.165, 1.54) is 10.4 Å². The summed E-state index contributed by atoms with van der Waals surface area (Å²) in [6.07, 6.45) is 2.93. The lowest BCUT2D eigenvalue weighted by Crippen LogP contribution is -2.31. The Morgan fingerprint density at radius 1 is 1.17 bits per heavy atom. The molecule has 2 aromatic rings. The van der Waals surface area contributed by atoms with Crippen molar-refractivity contribution in [3.05, 3.63) is 56.9 Å². The molecule has 1 aromatic carbocycles. The first-order valence-corrected chi connectivity index (χ1v) is 9.14. The number of hydrogen-bond donors (Lipinski definition) is 0. The zero-order chi connectivity index (χ0) is 17.4. The topological polar surface area (TPSA) is 23.6 Å². The number of hydrogen-bond acceptors (Lipinski definition) is 3. The average Bonchev–Trinajstić information content (AvgIpc) is 3.10. The molecule has 1 fully saturated rings. The quantitative estimate of drug-likeness (QED) is 0.596. The molecule has 0 radical (unpaired) electrons. The minimum Gasteiger partial charge on any atom is -0.317 e. The number of anilines is 1. The van der Waals surface area contributed by atoms with Crippen molar-refractivity contribution in [2.45, 2.75) is 27.2 Å². The molecule has 1 amide bonds. The maximum atomic E-state index is 12.9. The summed E-state index contributed by atoms with van der Waals surface area (Å²) in [5.74, 6) is -0.0720. The van der Waals surface area contributed by atoms with Crippen LogP contribution in [0.3, 0.4) is 0 Å². The second-order valence-corrected chi connectivity index (χ2v) is 7.50. The van der Waals surface area contributed by atoms with Gasteiger partial charge in [-0.25, -0.2) is 0 Å². The van der Waals surface area contributed by atoms with Gasteiger partial charge in [-0.2, -0.15) is 0 Å². The zero-order valence-corrected chi connectivity index (χ0v) is 15.9. The Balaban J connectivity index is 1.98. The molecule has 1 saturated heterocycles. The Bertz CT molecular complexity index is 851. The lowest BCUT2D eigenvalue weighted by atomic mass is 10.1. The second kappa shape index (κ2) is 6.49. The molecule has 124 valence electrons. The zero-order valence-electron chi connectivity index (χ0n) is 14.3. The van der Waals surface area contributed by atoms with Gasteiger partial charge < -0.3 is 4.90 Å². The van der Waals surface area contributed by atoms with Crippen LogP contribution in [0, 0.1) is 13.8 Å². The van der Waals surface area contributed by atoms with Crippen molar-refractivity contribution in [3.8, 4) is 0 Å². The molecule has 0 N–H and O–H groups in total. The predicted octanol–water partition coefficient (Wildman–Crippen LogP) is 4.53. The maximum Gasteiger partial charge on any atom is 0.281 e. The van der Waals surface area contributed by atoms with Gasteiger partial charge in [-0.3, -0.25) is 9.69 Å². The van der Waals surface area contributed by atoms with Gasteiger partial charge in [0.05, 0.1) is 5.69 Å². The van der Waals surface area contributed by atoms with Gasteiger partial charge >= 0.3 is 0 Å². The Hall–Kier alpha value is -1.98. The van der Waals surface area contributed by atoms with Gasteiger partial charge in [0, 0.05) is 16.8 Å². The van der Waals surface area contributed by atoms with Gasteiger partial charge in [0.15, 0.2) is 5.11 Å². The Kier molecular flexibility index (Phi) is 4.56. The molecule has 0 unspecified atom stereocenters. The van der Waals surface area contributed by atoms with Gasteiger partial charge in [-0.15, -0.1) is 11.3 Å². The molecule has 5 heteroatoms. The van der Waals surface area contributed by atoms with E-state index in [0.717, 1.165) is 22.5 Å². The summed E-state index contributed by atoms with van der Waals surface area (Å²) < 4.78 is 0. The summed E-state index contributed by atoms with van der Waals surface area (Å²) >= 11 is 7.22. The molecule has 0 atom stereocenters. The Morgan fingerprint density at radius 2 is 1.92 bits per heavy atom. The highest BCUT2D eigenvalue weighted by molar-refractivity contribution is 7.80. The monoisotopic (exact) mass is 356 g/mol. The van der Waals surface area contributed by atoms with Crippen molar-refractivity contribution in [2.75, 3.05) is 11.9 Å². The summed E-state index contributed by atoms with van der Waals surface area (Å²) in [5, 5.41) is 0.516. The molecule has 1 aliphatic heterocycles. The highest BCUT2D eigenvalue weighted by Crippen LogP contribution is 2.30. The first-order valence-electron chi connectivity index (χ1n) is 7.92. The van der Waals surface area contributed by atoms with Crippen LogP contribution in [0.2, 0.25) is 0 Å². The van der Waals surface area contributed by atoms with E-state index >= 15 is 0 Å². The van der Waals surface area contributed by atoms with Crippen LogP contribution >= 0.6 is 23.6 Å². The molecule has 0 saturated carbocycles. The number of amides is 1. The van der Waals surface area contributed by atoms with Crippen LogP contribution in [0.5, 0.6) is 0 Å². The first-order chi connectivity index (χ1) is 11.4. The molecular weight excluding hydrogens is 336 g/mol. The van der Waals surface area contributed by atoms with E-state index in [4.69, 9.17) is 12.2 Å². The van der Waals surface area contributed by atoms with Crippen LogP contribution in [0.25, 0.3) is 6.08 Å². The summed E-state index contributed by atoms with van der Waals surface area (Å²) in [4.78, 5) is 18.7. The van der Waals surface area contributed by atoms with E-state index in [1.807, 2.05) is 38.2 Å². The maximum absolute atomic E-state index is 12.9. The lowest BCUT2D eigenvalue weighted by molar-refractivity contribution is -0.114. The van der Waals surface area contributed by atoms with Crippen molar-refractivity contribution in [2.24, 2.45) is 0 Å². The van der Waals surface area contributed by atoms with E-state index in [0.29, 0.717) is 10.8 Å². The van der Waals surface area contributed by atoms with Gasteiger partial charge in [0.2, 0.25) is 0 Å². The first kappa shape index (κ1) is 16.9. The fourth-order valence-electron chi connectivity index (χ4n) is 2.65. The number of nitrogens with zero attached hydrogens (tertiary/aromatic N) is 2. The SMILES string of the molecule is CCc1ccc(C=C2C(=O)N(c3ccc(C)c(C)c3)C(=S)N2C)s1. The van der Waals surface area contributed by atoms with Crippen LogP contribution in [0.4, 0.5) is 5.69 Å². The highest BCUT2D eigenvalue weighted by atomic mass is 32.1. The Labute approximate surface area is 152 Å². The normalized spacial score (nSPS) is 16.6. The van der Waals surface area contributed by atoms with E-state index < -0.39 is 0 Å². The van der Waals surface area contributed by atoms with Crippen LogP contribution in [0.1, 0.15) is 27.8 Å². The van der Waals surface area contributed by atoms with Gasteiger partial charge in [0.25, 0.3) is 5.91 Å². The Morgan fingerprint density at radius 3 is 2.54 bits per heavy atom. The smallest absolute Gasteiger partial charge is 0.281 e. The van der Waals surface area contributed by atoms with Crippen molar-refractivity contribution < 1.29 is 4.79 Å². The highest BCUT2D eigenvalue weighted by Gasteiger charge is 2.36. The molecule has 24 heavy (non-hydrogen) atoms. The fraction of sp³-hybridized carbons (Fsp3) is 0.263. The molecule has 1 aliphatic rings. The molecule has 3 rings (SSSR count). The van der Waals surface area contributed by atoms with E-state index in [1.54, 1.807) is 21.1 Å². The molecule has 3 nitrogen and oxygen atoms in total. The summed E-state index contributed by atoms with van der Waals surface area (Å²) in [5.41, 5.74) is 3.78. The third-order valence-electron chi connectivity index (χ3n) is 4.32. The van der Waals surface area contributed by atoms with Crippen molar-refractivity contribution in [3.63, 3.8) is 0 Å². The number of carbonyl (C=O) groups is 1. The fourth-order valence-corrected chi connectivity index (χ4v) is 3.82. The van der Waals surface area contributed by atoms with Gasteiger partial charge in [0.1, 0.15) is 5.70 Å². The van der Waals surface area contributed by atoms with Gasteiger partial charge in [-0.05, 0) is 74.0 Å². The largest absolute Gasteiger partial charge is 0.317 e. The third-order valence-corrected chi connectivity index (χ3v) is 5.95. The second-order valence-electron chi connectivity index (χ2n) is 5.94. The number of carbonyl (C=O) groups excluding carboxylic acids is 1. The summed E-state index contributed by atoms with van der Waals surface area (Å²) in [6.45, 7) is 6.23. The minimum absolute atomic E-state index is 0.0720. The van der Waals surface area contributed by atoms with Crippen molar-refractivity contribution in [1.82, 2.24) is 4.90 Å². The number of thiophene rings is 1. The number of benzene rings is 1.